The number of aliphatic hydroxyl groups is 1. The quantitative estimate of drug-likeness (QED) is 0.645. The molecule has 0 amide bonds. The molecule has 2 N–H and O–H groups in total. The maximum atomic E-state index is 9.84. The molecule has 2 unspecified atom stereocenters. The van der Waals surface area contributed by atoms with Crippen molar-refractivity contribution in [3.63, 3.8) is 0 Å². The van der Waals surface area contributed by atoms with E-state index < -0.39 is 6.10 Å². The number of nitrogens with one attached hydrogen (secondary N) is 1. The van der Waals surface area contributed by atoms with Crippen LogP contribution in [0.2, 0.25) is 0 Å². The van der Waals surface area contributed by atoms with Crippen molar-refractivity contribution in [2.45, 2.75) is 32.9 Å². The van der Waals surface area contributed by atoms with Gasteiger partial charge in [-0.3, -0.25) is 0 Å². The zero-order valence-corrected chi connectivity index (χ0v) is 12.8. The molecular weight excluding hydrogens is 254 g/mol. The predicted molar refractivity (Wildman–Crippen MR) is 80.9 cm³/mol. The summed E-state index contributed by atoms with van der Waals surface area (Å²) in [5, 5.41) is 13.2. The zero-order valence-electron chi connectivity index (χ0n) is 12.8. The Morgan fingerprint density at radius 2 is 1.90 bits per heavy atom. The Kier molecular flexibility index (Phi) is 8.46. The minimum atomic E-state index is -0.497. The molecule has 4 nitrogen and oxygen atoms in total. The summed E-state index contributed by atoms with van der Waals surface area (Å²) in [6.07, 6.45) is -0.497. The third-order valence-electron chi connectivity index (χ3n) is 3.20. The van der Waals surface area contributed by atoms with Gasteiger partial charge < -0.3 is 19.9 Å². The second kappa shape index (κ2) is 9.88. The highest BCUT2D eigenvalue weighted by atomic mass is 16.5. The minimum Gasteiger partial charge on any atom is -0.389 e. The lowest BCUT2D eigenvalue weighted by Crippen LogP contribution is -2.32. The molecule has 0 spiro atoms. The summed E-state index contributed by atoms with van der Waals surface area (Å²) in [4.78, 5) is 0. The first-order chi connectivity index (χ1) is 9.65. The molecule has 4 heteroatoms. The number of rotatable bonds is 10. The van der Waals surface area contributed by atoms with Crippen molar-refractivity contribution in [1.29, 1.82) is 0 Å². The van der Waals surface area contributed by atoms with Gasteiger partial charge in [0, 0.05) is 19.2 Å². The number of ether oxygens (including phenoxy) is 2. The standard InChI is InChI=1S/C16H27NO3/c1-4-19-9-10-20-12-15(18)11-17-14(3)16-8-6-5-7-13(16)2/h5-8,14-15,17-18H,4,9-12H2,1-3H3. The lowest BCUT2D eigenvalue weighted by atomic mass is 10.0. The van der Waals surface area contributed by atoms with Crippen LogP contribution in [0.15, 0.2) is 24.3 Å². The van der Waals surface area contributed by atoms with Crippen LogP contribution in [0.25, 0.3) is 0 Å². The van der Waals surface area contributed by atoms with E-state index in [-0.39, 0.29) is 6.04 Å². The molecule has 20 heavy (non-hydrogen) atoms. The van der Waals surface area contributed by atoms with Crippen molar-refractivity contribution in [2.24, 2.45) is 0 Å². The molecule has 1 rings (SSSR count). The zero-order chi connectivity index (χ0) is 14.8. The first-order valence-electron chi connectivity index (χ1n) is 7.27. The summed E-state index contributed by atoms with van der Waals surface area (Å²) in [6, 6.07) is 8.49. The van der Waals surface area contributed by atoms with Gasteiger partial charge in [0.2, 0.25) is 0 Å². The fourth-order valence-electron chi connectivity index (χ4n) is 2.04. The normalized spacial score (nSPS) is 14.2. The summed E-state index contributed by atoms with van der Waals surface area (Å²) in [6.45, 7) is 8.80. The second-order valence-corrected chi connectivity index (χ2v) is 4.91. The van der Waals surface area contributed by atoms with Crippen LogP contribution in [-0.4, -0.2) is 44.2 Å². The highest BCUT2D eigenvalue weighted by Gasteiger charge is 2.10. The Labute approximate surface area is 122 Å². The van der Waals surface area contributed by atoms with Crippen LogP contribution in [0.3, 0.4) is 0 Å². The van der Waals surface area contributed by atoms with Gasteiger partial charge in [-0.15, -0.1) is 0 Å². The molecule has 0 radical (unpaired) electrons. The van der Waals surface area contributed by atoms with E-state index in [1.165, 1.54) is 11.1 Å². The van der Waals surface area contributed by atoms with Gasteiger partial charge in [-0.25, -0.2) is 0 Å². The third-order valence-corrected chi connectivity index (χ3v) is 3.20. The summed E-state index contributed by atoms with van der Waals surface area (Å²) in [7, 11) is 0. The predicted octanol–water partition coefficient (Wildman–Crippen LogP) is 2.06. The second-order valence-electron chi connectivity index (χ2n) is 4.91. The Morgan fingerprint density at radius 1 is 1.20 bits per heavy atom. The van der Waals surface area contributed by atoms with Crippen LogP contribution in [0.5, 0.6) is 0 Å². The molecular formula is C16H27NO3. The van der Waals surface area contributed by atoms with E-state index in [0.717, 1.165) is 0 Å². The summed E-state index contributed by atoms with van der Waals surface area (Å²) in [5.41, 5.74) is 2.52. The molecule has 0 saturated heterocycles. The van der Waals surface area contributed by atoms with E-state index in [9.17, 15) is 5.11 Å². The summed E-state index contributed by atoms with van der Waals surface area (Å²) >= 11 is 0. The Morgan fingerprint density at radius 3 is 2.60 bits per heavy atom. The SMILES string of the molecule is CCOCCOCC(O)CNC(C)c1ccccc1C. The van der Waals surface area contributed by atoms with Gasteiger partial charge in [0.05, 0.1) is 25.9 Å². The van der Waals surface area contributed by atoms with Crippen LogP contribution in [0.4, 0.5) is 0 Å². The maximum Gasteiger partial charge on any atom is 0.0897 e. The molecule has 0 aliphatic carbocycles. The number of aryl methyl sites for hydroxylation is 1. The number of benzene rings is 1. The fraction of sp³-hybridized carbons (Fsp3) is 0.625. The van der Waals surface area contributed by atoms with Crippen LogP contribution < -0.4 is 5.32 Å². The maximum absolute atomic E-state index is 9.84. The van der Waals surface area contributed by atoms with Gasteiger partial charge in [-0.1, -0.05) is 24.3 Å². The van der Waals surface area contributed by atoms with Gasteiger partial charge >= 0.3 is 0 Å². The van der Waals surface area contributed by atoms with E-state index >= 15 is 0 Å². The molecule has 0 heterocycles. The summed E-state index contributed by atoms with van der Waals surface area (Å²) in [5.74, 6) is 0. The number of hydrogen-bond acceptors (Lipinski definition) is 4. The summed E-state index contributed by atoms with van der Waals surface area (Å²) < 4.78 is 10.5. The largest absolute Gasteiger partial charge is 0.389 e. The highest BCUT2D eigenvalue weighted by molar-refractivity contribution is 5.28. The molecule has 0 fully saturated rings. The average Bonchev–Trinajstić information content (AvgIpc) is 2.45. The molecule has 2 atom stereocenters. The Bertz CT molecular complexity index is 370. The van der Waals surface area contributed by atoms with Gasteiger partial charge in [-0.05, 0) is 31.9 Å². The van der Waals surface area contributed by atoms with Crippen molar-refractivity contribution in [3.05, 3.63) is 35.4 Å². The number of aliphatic hydroxyl groups excluding tert-OH is 1. The first-order valence-corrected chi connectivity index (χ1v) is 7.27. The topological polar surface area (TPSA) is 50.7 Å². The average molecular weight is 281 g/mol. The van der Waals surface area contributed by atoms with E-state index in [1.54, 1.807) is 0 Å². The van der Waals surface area contributed by atoms with E-state index in [4.69, 9.17) is 9.47 Å². The molecule has 0 saturated carbocycles. The van der Waals surface area contributed by atoms with Crippen molar-refractivity contribution in [1.82, 2.24) is 5.32 Å². The van der Waals surface area contributed by atoms with Crippen molar-refractivity contribution in [2.75, 3.05) is 33.0 Å². The minimum absolute atomic E-state index is 0.217. The van der Waals surface area contributed by atoms with E-state index in [2.05, 4.69) is 31.3 Å². The van der Waals surface area contributed by atoms with E-state index in [1.807, 2.05) is 19.1 Å². The lowest BCUT2D eigenvalue weighted by Gasteiger charge is -2.19. The first kappa shape index (κ1) is 17.1. The van der Waals surface area contributed by atoms with Crippen molar-refractivity contribution >= 4 is 0 Å². The Hall–Kier alpha value is -0.940. The highest BCUT2D eigenvalue weighted by Crippen LogP contribution is 2.16. The van der Waals surface area contributed by atoms with Crippen LogP contribution in [0.1, 0.15) is 31.0 Å². The number of hydrogen-bond donors (Lipinski definition) is 2. The van der Waals surface area contributed by atoms with Crippen molar-refractivity contribution < 1.29 is 14.6 Å². The molecule has 1 aromatic carbocycles. The van der Waals surface area contributed by atoms with Crippen LogP contribution in [-0.2, 0) is 9.47 Å². The molecule has 0 bridgehead atoms. The monoisotopic (exact) mass is 281 g/mol. The lowest BCUT2D eigenvalue weighted by molar-refractivity contribution is 0.00585. The fourth-order valence-corrected chi connectivity index (χ4v) is 2.04. The van der Waals surface area contributed by atoms with Gasteiger partial charge in [0.1, 0.15) is 0 Å². The van der Waals surface area contributed by atoms with Gasteiger partial charge in [0.15, 0.2) is 0 Å². The van der Waals surface area contributed by atoms with Gasteiger partial charge in [-0.2, -0.15) is 0 Å². The smallest absolute Gasteiger partial charge is 0.0897 e. The molecule has 0 aromatic heterocycles. The Balaban J connectivity index is 2.20. The molecule has 0 aliphatic rings. The third kappa shape index (κ3) is 6.48. The van der Waals surface area contributed by atoms with Crippen LogP contribution in [0, 0.1) is 6.92 Å². The van der Waals surface area contributed by atoms with E-state index in [0.29, 0.717) is 33.0 Å². The molecule has 1 aromatic rings. The molecule has 0 aliphatic heterocycles. The molecule has 114 valence electrons. The van der Waals surface area contributed by atoms with Crippen LogP contribution >= 0.6 is 0 Å². The van der Waals surface area contributed by atoms with Gasteiger partial charge in [0.25, 0.3) is 0 Å². The van der Waals surface area contributed by atoms with Crippen molar-refractivity contribution in [3.8, 4) is 0 Å².